The van der Waals surface area contributed by atoms with Crippen LogP contribution in [-0.2, 0) is 4.74 Å². The van der Waals surface area contributed by atoms with E-state index in [0.717, 1.165) is 45.4 Å². The topological polar surface area (TPSA) is 32.8 Å². The Morgan fingerprint density at radius 2 is 1.82 bits per heavy atom. The highest BCUT2D eigenvalue weighted by molar-refractivity contribution is 5.67. The maximum absolute atomic E-state index is 12.1. The highest BCUT2D eigenvalue weighted by Crippen LogP contribution is 2.23. The largest absolute Gasteiger partial charge is 0.449 e. The summed E-state index contributed by atoms with van der Waals surface area (Å²) in [5.41, 5.74) is 1.27. The van der Waals surface area contributed by atoms with Crippen LogP contribution in [0.5, 0.6) is 0 Å². The van der Waals surface area contributed by atoms with Gasteiger partial charge in [-0.15, -0.1) is 0 Å². The first-order valence-corrected chi connectivity index (χ1v) is 8.54. The van der Waals surface area contributed by atoms with Crippen LogP contribution in [0, 0.1) is 5.92 Å². The SMILES string of the molecule is O=C(OCC1CCCN(c2ccccc2)C1)N1CCCCC1. The number of ether oxygens (including phenoxy) is 1. The van der Waals surface area contributed by atoms with E-state index in [0.29, 0.717) is 12.5 Å². The van der Waals surface area contributed by atoms with Crippen LogP contribution in [0.4, 0.5) is 10.5 Å². The minimum Gasteiger partial charge on any atom is -0.449 e. The standard InChI is InChI=1S/C18H26N2O2/c21-18(19-11-5-2-6-12-19)22-15-16-8-7-13-20(14-16)17-9-3-1-4-10-17/h1,3-4,9-10,16H,2,5-8,11-15H2. The van der Waals surface area contributed by atoms with Crippen molar-refractivity contribution in [2.24, 2.45) is 5.92 Å². The van der Waals surface area contributed by atoms with Gasteiger partial charge in [0.1, 0.15) is 0 Å². The van der Waals surface area contributed by atoms with Gasteiger partial charge in [0.05, 0.1) is 6.61 Å². The normalized spacial score (nSPS) is 22.5. The van der Waals surface area contributed by atoms with Crippen LogP contribution in [0.3, 0.4) is 0 Å². The lowest BCUT2D eigenvalue weighted by Gasteiger charge is -2.34. The van der Waals surface area contributed by atoms with Crippen molar-refractivity contribution in [2.45, 2.75) is 32.1 Å². The van der Waals surface area contributed by atoms with Crippen LogP contribution in [0.25, 0.3) is 0 Å². The third-order valence-electron chi connectivity index (χ3n) is 4.70. The van der Waals surface area contributed by atoms with E-state index in [9.17, 15) is 4.79 Å². The lowest BCUT2D eigenvalue weighted by molar-refractivity contribution is 0.0788. The molecule has 2 aliphatic heterocycles. The molecule has 2 saturated heterocycles. The lowest BCUT2D eigenvalue weighted by atomic mass is 9.98. The van der Waals surface area contributed by atoms with Crippen molar-refractivity contribution < 1.29 is 9.53 Å². The maximum Gasteiger partial charge on any atom is 0.409 e. The summed E-state index contributed by atoms with van der Waals surface area (Å²) in [6.45, 7) is 4.36. The minimum atomic E-state index is -0.114. The Hall–Kier alpha value is -1.71. The molecular weight excluding hydrogens is 276 g/mol. The first kappa shape index (κ1) is 15.2. The average molecular weight is 302 g/mol. The molecule has 2 fully saturated rings. The van der Waals surface area contributed by atoms with Crippen LogP contribution < -0.4 is 4.90 Å². The van der Waals surface area contributed by atoms with Gasteiger partial charge in [-0.2, -0.15) is 0 Å². The average Bonchev–Trinajstić information content (AvgIpc) is 2.61. The van der Waals surface area contributed by atoms with Crippen LogP contribution in [0.2, 0.25) is 0 Å². The molecule has 1 atom stereocenters. The second-order valence-electron chi connectivity index (χ2n) is 6.41. The number of rotatable bonds is 3. The van der Waals surface area contributed by atoms with E-state index in [1.807, 2.05) is 11.0 Å². The second-order valence-corrected chi connectivity index (χ2v) is 6.41. The molecule has 2 heterocycles. The van der Waals surface area contributed by atoms with Gasteiger partial charge in [0, 0.05) is 37.8 Å². The van der Waals surface area contributed by atoms with E-state index in [1.54, 1.807) is 0 Å². The smallest absolute Gasteiger partial charge is 0.409 e. The number of hydrogen-bond donors (Lipinski definition) is 0. The molecule has 0 aromatic heterocycles. The summed E-state index contributed by atoms with van der Waals surface area (Å²) in [6, 6.07) is 10.5. The van der Waals surface area contributed by atoms with Crippen LogP contribution in [0.1, 0.15) is 32.1 Å². The number of carbonyl (C=O) groups excluding carboxylic acids is 1. The molecule has 0 saturated carbocycles. The summed E-state index contributed by atoms with van der Waals surface area (Å²) in [5.74, 6) is 0.447. The predicted octanol–water partition coefficient (Wildman–Crippen LogP) is 3.53. The molecule has 0 radical (unpaired) electrons. The molecular formula is C18H26N2O2. The number of piperidine rings is 2. The molecule has 2 aliphatic rings. The molecule has 4 nitrogen and oxygen atoms in total. The highest BCUT2D eigenvalue weighted by atomic mass is 16.6. The van der Waals surface area contributed by atoms with Crippen LogP contribution in [0.15, 0.2) is 30.3 Å². The van der Waals surface area contributed by atoms with Gasteiger partial charge >= 0.3 is 6.09 Å². The molecule has 4 heteroatoms. The number of anilines is 1. The van der Waals surface area contributed by atoms with Crippen molar-refractivity contribution >= 4 is 11.8 Å². The lowest BCUT2D eigenvalue weighted by Crippen LogP contribution is -2.40. The van der Waals surface area contributed by atoms with Crippen molar-refractivity contribution in [3.05, 3.63) is 30.3 Å². The van der Waals surface area contributed by atoms with Gasteiger partial charge < -0.3 is 14.5 Å². The summed E-state index contributed by atoms with van der Waals surface area (Å²) in [6.07, 6.45) is 5.66. The zero-order valence-corrected chi connectivity index (χ0v) is 13.2. The molecule has 3 rings (SSSR count). The summed E-state index contributed by atoms with van der Waals surface area (Å²) in [7, 11) is 0. The fourth-order valence-electron chi connectivity index (χ4n) is 3.43. The second kappa shape index (κ2) is 7.52. The molecule has 0 spiro atoms. The fraction of sp³-hybridized carbons (Fsp3) is 0.611. The zero-order chi connectivity index (χ0) is 15.2. The van der Waals surface area contributed by atoms with E-state index >= 15 is 0 Å². The fourth-order valence-corrected chi connectivity index (χ4v) is 3.43. The van der Waals surface area contributed by atoms with Crippen LogP contribution in [-0.4, -0.2) is 43.8 Å². The number of amides is 1. The van der Waals surface area contributed by atoms with E-state index in [1.165, 1.54) is 18.5 Å². The molecule has 22 heavy (non-hydrogen) atoms. The predicted molar refractivity (Wildman–Crippen MR) is 88.2 cm³/mol. The van der Waals surface area contributed by atoms with Gasteiger partial charge in [-0.05, 0) is 44.2 Å². The molecule has 0 N–H and O–H groups in total. The Kier molecular flexibility index (Phi) is 5.20. The number of likely N-dealkylation sites (tertiary alicyclic amines) is 1. The Labute approximate surface area is 133 Å². The quantitative estimate of drug-likeness (QED) is 0.856. The molecule has 1 aromatic carbocycles. The number of benzene rings is 1. The van der Waals surface area contributed by atoms with E-state index in [2.05, 4.69) is 29.2 Å². The Morgan fingerprint density at radius 3 is 2.59 bits per heavy atom. The van der Waals surface area contributed by atoms with Crippen molar-refractivity contribution in [3.63, 3.8) is 0 Å². The Morgan fingerprint density at radius 1 is 1.05 bits per heavy atom. The summed E-state index contributed by atoms with van der Waals surface area (Å²) in [4.78, 5) is 16.4. The molecule has 0 bridgehead atoms. The number of para-hydroxylation sites is 1. The zero-order valence-electron chi connectivity index (χ0n) is 13.2. The third-order valence-corrected chi connectivity index (χ3v) is 4.70. The molecule has 120 valence electrons. The minimum absolute atomic E-state index is 0.114. The van der Waals surface area contributed by atoms with Gasteiger partial charge in [0.25, 0.3) is 0 Å². The van der Waals surface area contributed by atoms with Gasteiger partial charge in [-0.1, -0.05) is 18.2 Å². The molecule has 1 unspecified atom stereocenters. The Bertz CT molecular complexity index is 471. The molecule has 1 amide bonds. The van der Waals surface area contributed by atoms with Gasteiger partial charge in [-0.25, -0.2) is 4.79 Å². The first-order valence-electron chi connectivity index (χ1n) is 8.54. The molecule has 0 aliphatic carbocycles. The monoisotopic (exact) mass is 302 g/mol. The van der Waals surface area contributed by atoms with E-state index < -0.39 is 0 Å². The van der Waals surface area contributed by atoms with E-state index in [4.69, 9.17) is 4.74 Å². The van der Waals surface area contributed by atoms with Crippen molar-refractivity contribution in [2.75, 3.05) is 37.7 Å². The van der Waals surface area contributed by atoms with Gasteiger partial charge in [0.2, 0.25) is 0 Å². The summed E-state index contributed by atoms with van der Waals surface area (Å²) >= 11 is 0. The Balaban J connectivity index is 1.47. The van der Waals surface area contributed by atoms with Crippen molar-refractivity contribution in [3.8, 4) is 0 Å². The number of carbonyl (C=O) groups is 1. The third kappa shape index (κ3) is 3.93. The number of nitrogens with zero attached hydrogens (tertiary/aromatic N) is 2. The summed E-state index contributed by atoms with van der Waals surface area (Å²) < 4.78 is 5.57. The summed E-state index contributed by atoms with van der Waals surface area (Å²) in [5, 5.41) is 0. The van der Waals surface area contributed by atoms with E-state index in [-0.39, 0.29) is 6.09 Å². The van der Waals surface area contributed by atoms with Gasteiger partial charge in [0.15, 0.2) is 0 Å². The van der Waals surface area contributed by atoms with Gasteiger partial charge in [-0.3, -0.25) is 0 Å². The molecule has 1 aromatic rings. The maximum atomic E-state index is 12.1. The highest BCUT2D eigenvalue weighted by Gasteiger charge is 2.23. The first-order chi connectivity index (χ1) is 10.8. The number of hydrogen-bond acceptors (Lipinski definition) is 3. The van der Waals surface area contributed by atoms with Crippen molar-refractivity contribution in [1.82, 2.24) is 4.90 Å². The van der Waals surface area contributed by atoms with Crippen LogP contribution >= 0.6 is 0 Å². The van der Waals surface area contributed by atoms with Crippen molar-refractivity contribution in [1.29, 1.82) is 0 Å².